The Morgan fingerprint density at radius 3 is 1.53 bits per heavy atom. The van der Waals surface area contributed by atoms with E-state index >= 15 is 0 Å². The van der Waals surface area contributed by atoms with E-state index in [0.29, 0.717) is 5.78 Å². The minimum atomic E-state index is -2.29. The van der Waals surface area contributed by atoms with Crippen LogP contribution in [0.25, 0.3) is 0 Å². The molecule has 0 aromatic heterocycles. The van der Waals surface area contributed by atoms with Crippen LogP contribution in [-0.2, 0) is 4.79 Å². The van der Waals surface area contributed by atoms with Gasteiger partial charge in [0.1, 0.15) is 28.5 Å². The maximum absolute atomic E-state index is 14.2. The number of hydrogen-bond acceptors (Lipinski definition) is 1. The molecule has 0 unspecified atom stereocenters. The highest BCUT2D eigenvalue weighted by Crippen LogP contribution is 2.63. The molecular weight excluding hydrogens is 431 g/mol. The van der Waals surface area contributed by atoms with Gasteiger partial charge in [0.05, 0.1) is 0 Å². The van der Waals surface area contributed by atoms with Crippen molar-refractivity contribution in [1.29, 1.82) is 0 Å². The van der Waals surface area contributed by atoms with Crippen LogP contribution in [-0.4, -0.2) is 5.78 Å². The predicted octanol–water partition coefficient (Wildman–Crippen LogP) is 3.43. The smallest absolute Gasteiger partial charge is 0.201 e. The maximum Gasteiger partial charge on any atom is 0.201 e. The third-order valence-electron chi connectivity index (χ3n) is 6.42. The van der Waals surface area contributed by atoms with Gasteiger partial charge in [-0.25, -0.2) is 0 Å². The first-order valence-electron chi connectivity index (χ1n) is 11.6. The van der Waals surface area contributed by atoms with Gasteiger partial charge in [-0.15, -0.1) is 0 Å². The molecule has 0 spiro atoms. The number of Topliss-reactive ketones (excluding diaryl/α,β-unsaturated/α-hetero) is 1. The highest BCUT2D eigenvalue weighted by molar-refractivity contribution is 7.99. The van der Waals surface area contributed by atoms with Crippen LogP contribution in [0.1, 0.15) is 45.4 Å². The van der Waals surface area contributed by atoms with Crippen molar-refractivity contribution >= 4 is 29.0 Å². The lowest BCUT2D eigenvalue weighted by Crippen LogP contribution is -3.00. The van der Waals surface area contributed by atoms with Crippen LogP contribution < -0.4 is 28.3 Å². The number of rotatable bonds is 7. The Hall–Kier alpha value is -2.21. The van der Waals surface area contributed by atoms with Crippen LogP contribution in [0.15, 0.2) is 102 Å². The van der Waals surface area contributed by atoms with Crippen LogP contribution in [0, 0.1) is 5.92 Å². The predicted molar refractivity (Wildman–Crippen MR) is 135 cm³/mol. The average Bonchev–Trinajstić information content (AvgIpc) is 2.86. The van der Waals surface area contributed by atoms with E-state index in [1.54, 1.807) is 0 Å². The molecule has 1 aliphatic rings. The zero-order valence-corrected chi connectivity index (χ0v) is 20.4. The summed E-state index contributed by atoms with van der Waals surface area (Å²) in [4.78, 5) is 14.2. The monoisotopic (exact) mass is 462 g/mol. The fourth-order valence-electron chi connectivity index (χ4n) is 4.99. The van der Waals surface area contributed by atoms with Crippen LogP contribution in [0.5, 0.6) is 0 Å². The quantitative estimate of drug-likeness (QED) is 0.388. The molecule has 0 N–H and O–H groups in total. The second-order valence-corrected chi connectivity index (χ2v) is 11.7. The molecule has 1 fully saturated rings. The van der Waals surface area contributed by atoms with Gasteiger partial charge in [-0.05, 0) is 61.7 Å². The Kier molecular flexibility index (Phi) is 8.85. The van der Waals surface area contributed by atoms with Crippen molar-refractivity contribution in [2.45, 2.75) is 45.4 Å². The van der Waals surface area contributed by atoms with Crippen molar-refractivity contribution < 1.29 is 17.2 Å². The molecule has 0 bridgehead atoms. The van der Waals surface area contributed by atoms with Crippen LogP contribution in [0.2, 0.25) is 0 Å². The highest BCUT2D eigenvalue weighted by Gasteiger charge is 2.52. The van der Waals surface area contributed by atoms with Gasteiger partial charge >= 0.3 is 0 Å². The minimum Gasteiger partial charge on any atom is -1.00 e. The number of hydrogen-bond donors (Lipinski definition) is 0. The van der Waals surface area contributed by atoms with Crippen molar-refractivity contribution in [3.8, 4) is 0 Å². The van der Waals surface area contributed by atoms with Gasteiger partial charge in [0.15, 0.2) is 0 Å². The molecule has 3 heteroatoms. The Morgan fingerprint density at radius 1 is 0.750 bits per heavy atom. The normalized spacial score (nSPS) is 15.1. The summed E-state index contributed by atoms with van der Waals surface area (Å²) in [6.07, 6.45) is 8.76. The number of allylic oxidation sites excluding steroid dienone is 2. The molecule has 1 aliphatic carbocycles. The van der Waals surface area contributed by atoms with Crippen molar-refractivity contribution in [2.24, 2.45) is 5.92 Å². The van der Waals surface area contributed by atoms with Gasteiger partial charge in [-0.3, -0.25) is 4.79 Å². The number of carbonyl (C=O) groups is 1. The molecule has 1 nitrogen and oxygen atoms in total. The van der Waals surface area contributed by atoms with E-state index in [0.717, 1.165) is 24.6 Å². The summed E-state index contributed by atoms with van der Waals surface area (Å²) in [6.45, 7) is 2.16. The van der Waals surface area contributed by atoms with Gasteiger partial charge in [0, 0.05) is 5.92 Å². The summed E-state index contributed by atoms with van der Waals surface area (Å²) < 4.78 is 0. The minimum absolute atomic E-state index is 0. The first kappa shape index (κ1) is 24.4. The van der Waals surface area contributed by atoms with E-state index < -0.39 is 7.26 Å². The summed E-state index contributed by atoms with van der Waals surface area (Å²) >= 11 is 0. The van der Waals surface area contributed by atoms with Crippen molar-refractivity contribution in [3.63, 3.8) is 0 Å². The fraction of sp³-hybridized carbons (Fsp3) is 0.276. The molecule has 3 aromatic carbocycles. The molecular formula is C29H32ClOP. The van der Waals surface area contributed by atoms with E-state index in [4.69, 9.17) is 0 Å². The lowest BCUT2D eigenvalue weighted by atomic mass is 9.86. The molecule has 3 aromatic rings. The van der Waals surface area contributed by atoms with E-state index in [1.807, 2.05) is 0 Å². The number of halogens is 1. The summed E-state index contributed by atoms with van der Waals surface area (Å²) in [7, 11) is -2.29. The Balaban J connectivity index is 0.00000289. The Labute approximate surface area is 199 Å². The zero-order valence-electron chi connectivity index (χ0n) is 18.8. The topological polar surface area (TPSA) is 17.1 Å². The second-order valence-electron chi connectivity index (χ2n) is 8.37. The maximum atomic E-state index is 14.2. The van der Waals surface area contributed by atoms with Crippen molar-refractivity contribution in [2.75, 3.05) is 0 Å². The van der Waals surface area contributed by atoms with Crippen LogP contribution in [0.4, 0.5) is 0 Å². The van der Waals surface area contributed by atoms with Gasteiger partial charge in [-0.2, -0.15) is 0 Å². The average molecular weight is 463 g/mol. The van der Waals surface area contributed by atoms with E-state index in [9.17, 15) is 4.79 Å². The molecule has 0 saturated heterocycles. The molecule has 4 rings (SSSR count). The largest absolute Gasteiger partial charge is 1.00 e. The number of benzene rings is 3. The molecule has 0 atom stereocenters. The standard InChI is InChI=1S/C29H32OP.ClH/c1-2-15-28(29(30)24-16-7-3-8-17-24)31(25-18-9-4-10-19-25,26-20-11-5-12-21-26)27-22-13-6-14-23-27;/h4-6,9-15,18-24H,2-3,7-8,16-17H2,1H3;1H/q+1;/p-1/b28-15+;. The fourth-order valence-corrected chi connectivity index (χ4v) is 9.55. The molecule has 166 valence electrons. The molecule has 0 heterocycles. The molecule has 0 aliphatic heterocycles. The SMILES string of the molecule is CC/C=C(\C(=O)C1CCCCC1)[P+](c1ccccc1)(c1ccccc1)c1ccccc1.[Cl-]. The molecule has 0 amide bonds. The van der Waals surface area contributed by atoms with E-state index in [1.165, 1.54) is 35.2 Å². The van der Waals surface area contributed by atoms with Gasteiger partial charge in [-0.1, -0.05) is 80.8 Å². The summed E-state index contributed by atoms with van der Waals surface area (Å²) in [6, 6.07) is 32.3. The molecule has 32 heavy (non-hydrogen) atoms. The lowest BCUT2D eigenvalue weighted by molar-refractivity contribution is -0.119. The second kappa shape index (κ2) is 11.6. The third kappa shape index (κ3) is 4.75. The zero-order chi connectivity index (χ0) is 21.5. The molecule has 0 radical (unpaired) electrons. The van der Waals surface area contributed by atoms with Crippen LogP contribution >= 0.6 is 7.26 Å². The summed E-state index contributed by atoms with van der Waals surface area (Å²) in [5.74, 6) is 0.536. The van der Waals surface area contributed by atoms with E-state index in [-0.39, 0.29) is 18.3 Å². The summed E-state index contributed by atoms with van der Waals surface area (Å²) in [5.41, 5.74) is 0. The third-order valence-corrected chi connectivity index (χ3v) is 10.8. The number of carbonyl (C=O) groups excluding carboxylic acids is 1. The van der Waals surface area contributed by atoms with Gasteiger partial charge in [0.2, 0.25) is 5.78 Å². The van der Waals surface area contributed by atoms with Gasteiger partial charge in [0.25, 0.3) is 0 Å². The highest BCUT2D eigenvalue weighted by atomic mass is 35.5. The van der Waals surface area contributed by atoms with Crippen molar-refractivity contribution in [3.05, 3.63) is 102 Å². The van der Waals surface area contributed by atoms with Crippen molar-refractivity contribution in [1.82, 2.24) is 0 Å². The first-order chi connectivity index (χ1) is 15.3. The van der Waals surface area contributed by atoms with Crippen LogP contribution in [0.3, 0.4) is 0 Å². The molecule has 1 saturated carbocycles. The van der Waals surface area contributed by atoms with E-state index in [2.05, 4.69) is 104 Å². The van der Waals surface area contributed by atoms with Gasteiger partial charge < -0.3 is 12.4 Å². The first-order valence-corrected chi connectivity index (χ1v) is 13.4. The Morgan fingerprint density at radius 2 is 1.16 bits per heavy atom. The summed E-state index contributed by atoms with van der Waals surface area (Å²) in [5, 5.41) is 4.83. The number of ketones is 1. The lowest BCUT2D eigenvalue weighted by Gasteiger charge is -2.31. The Bertz CT molecular complexity index is 912.